The van der Waals surface area contributed by atoms with Crippen LogP contribution in [-0.2, 0) is 16.1 Å². The van der Waals surface area contributed by atoms with Gasteiger partial charge >= 0.3 is 0 Å². The normalized spacial score (nSPS) is 20.0. The van der Waals surface area contributed by atoms with Crippen LogP contribution in [0.2, 0.25) is 0 Å². The number of nitrogens with zero attached hydrogens (tertiary/aromatic N) is 3. The van der Waals surface area contributed by atoms with E-state index in [0.29, 0.717) is 23.8 Å². The summed E-state index contributed by atoms with van der Waals surface area (Å²) in [6.07, 6.45) is 10.0. The number of amides is 2. The van der Waals surface area contributed by atoms with Crippen LogP contribution in [0.15, 0.2) is 6.20 Å². The highest BCUT2D eigenvalue weighted by Crippen LogP contribution is 2.34. The fourth-order valence-corrected chi connectivity index (χ4v) is 4.92. The predicted octanol–water partition coefficient (Wildman–Crippen LogP) is 3.25. The standard InChI is InChI=1S/C23H39N5O3/c1-23(2,3)20(21-24-13-19(25-21)15-27-10-6-7-11-27)26-22(30)18(14-28(31)16-29)12-17-8-4-5-9-17/h13,16-18,20,31H,4-12,14-15H2,1-3H3,(H,24,25)(H,26,30)/t18-,20-/m1/s1. The summed E-state index contributed by atoms with van der Waals surface area (Å²) in [4.78, 5) is 34.7. The Morgan fingerprint density at radius 3 is 2.61 bits per heavy atom. The number of hydroxylamine groups is 2. The number of aromatic nitrogens is 2. The van der Waals surface area contributed by atoms with Crippen molar-refractivity contribution in [2.45, 2.75) is 78.3 Å². The van der Waals surface area contributed by atoms with E-state index in [2.05, 4.69) is 41.0 Å². The van der Waals surface area contributed by atoms with E-state index in [0.717, 1.165) is 44.0 Å². The number of rotatable bonds is 10. The molecule has 0 aromatic carbocycles. The molecule has 2 atom stereocenters. The van der Waals surface area contributed by atoms with Crippen molar-refractivity contribution in [3.05, 3.63) is 17.7 Å². The fourth-order valence-electron chi connectivity index (χ4n) is 4.92. The molecule has 31 heavy (non-hydrogen) atoms. The molecule has 1 saturated carbocycles. The number of carbonyl (C=O) groups is 2. The van der Waals surface area contributed by atoms with E-state index < -0.39 is 5.92 Å². The van der Waals surface area contributed by atoms with Crippen LogP contribution in [0.3, 0.4) is 0 Å². The van der Waals surface area contributed by atoms with Crippen LogP contribution >= 0.6 is 0 Å². The summed E-state index contributed by atoms with van der Waals surface area (Å²) < 4.78 is 0. The highest BCUT2D eigenvalue weighted by atomic mass is 16.5. The molecule has 1 aliphatic carbocycles. The minimum absolute atomic E-state index is 0.0149. The molecule has 2 fully saturated rings. The summed E-state index contributed by atoms with van der Waals surface area (Å²) in [7, 11) is 0. The van der Waals surface area contributed by atoms with Gasteiger partial charge in [-0.15, -0.1) is 0 Å². The molecular weight excluding hydrogens is 394 g/mol. The Balaban J connectivity index is 1.71. The number of hydrogen-bond acceptors (Lipinski definition) is 5. The molecule has 2 amide bonds. The molecule has 0 unspecified atom stereocenters. The topological polar surface area (TPSA) is 102 Å². The summed E-state index contributed by atoms with van der Waals surface area (Å²) in [5.74, 6) is 0.651. The lowest BCUT2D eigenvalue weighted by Gasteiger charge is -2.32. The molecule has 8 heteroatoms. The minimum atomic E-state index is -0.442. The molecular formula is C23H39N5O3. The van der Waals surface area contributed by atoms with Crippen LogP contribution in [0.4, 0.5) is 0 Å². The summed E-state index contributed by atoms with van der Waals surface area (Å²) in [6.45, 7) is 9.33. The highest BCUT2D eigenvalue weighted by molar-refractivity contribution is 5.79. The van der Waals surface area contributed by atoms with Gasteiger partial charge in [-0.05, 0) is 43.7 Å². The van der Waals surface area contributed by atoms with Crippen LogP contribution in [0.5, 0.6) is 0 Å². The van der Waals surface area contributed by atoms with Crippen LogP contribution in [0, 0.1) is 17.3 Å². The average molecular weight is 434 g/mol. The second-order valence-electron chi connectivity index (χ2n) is 10.4. The van der Waals surface area contributed by atoms with Crippen LogP contribution in [-0.4, -0.2) is 57.1 Å². The smallest absolute Gasteiger partial charge is 0.233 e. The molecule has 2 heterocycles. The van der Waals surface area contributed by atoms with Crippen LogP contribution in [0.1, 0.15) is 83.3 Å². The van der Waals surface area contributed by atoms with Gasteiger partial charge in [0.15, 0.2) is 0 Å². The van der Waals surface area contributed by atoms with Gasteiger partial charge in [-0.1, -0.05) is 46.5 Å². The van der Waals surface area contributed by atoms with E-state index in [4.69, 9.17) is 0 Å². The molecule has 2 aliphatic rings. The van der Waals surface area contributed by atoms with E-state index in [1.165, 1.54) is 25.7 Å². The van der Waals surface area contributed by atoms with Crippen molar-refractivity contribution in [1.29, 1.82) is 0 Å². The highest BCUT2D eigenvalue weighted by Gasteiger charge is 2.34. The minimum Gasteiger partial charge on any atom is -0.345 e. The van der Waals surface area contributed by atoms with E-state index in [1.807, 2.05) is 6.20 Å². The molecule has 0 spiro atoms. The van der Waals surface area contributed by atoms with Gasteiger partial charge < -0.3 is 10.3 Å². The Kier molecular flexibility index (Phi) is 8.11. The van der Waals surface area contributed by atoms with Gasteiger partial charge in [0.1, 0.15) is 5.82 Å². The third-order valence-electron chi connectivity index (χ3n) is 6.66. The molecule has 1 aromatic heterocycles. The quantitative estimate of drug-likeness (QED) is 0.299. The van der Waals surface area contributed by atoms with Gasteiger partial charge in [-0.3, -0.25) is 19.7 Å². The summed E-state index contributed by atoms with van der Waals surface area (Å²) >= 11 is 0. The maximum atomic E-state index is 13.3. The number of nitrogens with one attached hydrogen (secondary N) is 2. The SMILES string of the molecule is CC(C)(C)[C@H](NC(=O)[C@H](CC1CCCC1)CN(O)C=O)c1ncc(CN2CCCC2)[nH]1. The zero-order valence-electron chi connectivity index (χ0n) is 19.3. The van der Waals surface area contributed by atoms with Crippen molar-refractivity contribution in [1.82, 2.24) is 25.2 Å². The summed E-state index contributed by atoms with van der Waals surface area (Å²) in [5.41, 5.74) is 0.810. The number of imidazole rings is 1. The van der Waals surface area contributed by atoms with E-state index in [1.54, 1.807) is 0 Å². The third-order valence-corrected chi connectivity index (χ3v) is 6.66. The van der Waals surface area contributed by atoms with Crippen LogP contribution in [0.25, 0.3) is 0 Å². The number of aromatic amines is 1. The zero-order chi connectivity index (χ0) is 22.4. The van der Waals surface area contributed by atoms with Crippen molar-refractivity contribution in [2.24, 2.45) is 17.3 Å². The fraction of sp³-hybridized carbons (Fsp3) is 0.783. The Bertz CT molecular complexity index is 717. The lowest BCUT2D eigenvalue weighted by atomic mass is 9.85. The van der Waals surface area contributed by atoms with Crippen molar-refractivity contribution >= 4 is 12.3 Å². The van der Waals surface area contributed by atoms with Gasteiger partial charge in [0.2, 0.25) is 12.3 Å². The lowest BCUT2D eigenvalue weighted by Crippen LogP contribution is -2.43. The lowest BCUT2D eigenvalue weighted by molar-refractivity contribution is -0.155. The number of hydrogen-bond donors (Lipinski definition) is 3. The molecule has 3 rings (SSSR count). The third kappa shape index (κ3) is 6.77. The first kappa shape index (κ1) is 23.7. The van der Waals surface area contributed by atoms with Gasteiger partial charge in [-0.2, -0.15) is 0 Å². The summed E-state index contributed by atoms with van der Waals surface area (Å²) in [5, 5.41) is 13.5. The largest absolute Gasteiger partial charge is 0.345 e. The number of H-pyrrole nitrogens is 1. The monoisotopic (exact) mass is 433 g/mol. The van der Waals surface area contributed by atoms with Crippen molar-refractivity contribution < 1.29 is 14.8 Å². The molecule has 3 N–H and O–H groups in total. The molecule has 1 aromatic rings. The van der Waals surface area contributed by atoms with E-state index >= 15 is 0 Å². The van der Waals surface area contributed by atoms with E-state index in [-0.39, 0.29) is 23.9 Å². The molecule has 1 saturated heterocycles. The van der Waals surface area contributed by atoms with Crippen molar-refractivity contribution in [3.8, 4) is 0 Å². The van der Waals surface area contributed by atoms with Crippen molar-refractivity contribution in [2.75, 3.05) is 19.6 Å². The molecule has 1 aliphatic heterocycles. The maximum Gasteiger partial charge on any atom is 0.233 e. The first-order valence-corrected chi connectivity index (χ1v) is 11.7. The molecule has 0 bridgehead atoms. The number of likely N-dealkylation sites (tertiary alicyclic amines) is 1. The average Bonchev–Trinajstić information content (AvgIpc) is 3.48. The predicted molar refractivity (Wildman–Crippen MR) is 118 cm³/mol. The maximum absolute atomic E-state index is 13.3. The van der Waals surface area contributed by atoms with Crippen LogP contribution < -0.4 is 5.32 Å². The Hall–Kier alpha value is -1.93. The molecule has 0 radical (unpaired) electrons. The van der Waals surface area contributed by atoms with Gasteiger partial charge in [-0.25, -0.2) is 10.0 Å². The Morgan fingerprint density at radius 2 is 2.00 bits per heavy atom. The zero-order valence-corrected chi connectivity index (χ0v) is 19.3. The second-order valence-corrected chi connectivity index (χ2v) is 10.4. The Morgan fingerprint density at radius 1 is 1.32 bits per heavy atom. The van der Waals surface area contributed by atoms with E-state index in [9.17, 15) is 14.8 Å². The van der Waals surface area contributed by atoms with Crippen molar-refractivity contribution in [3.63, 3.8) is 0 Å². The molecule has 174 valence electrons. The van der Waals surface area contributed by atoms with Gasteiger partial charge in [0.05, 0.1) is 18.5 Å². The number of carbonyl (C=O) groups excluding carboxylic acids is 2. The first-order chi connectivity index (χ1) is 14.8. The molecule has 8 nitrogen and oxygen atoms in total. The first-order valence-electron chi connectivity index (χ1n) is 11.7. The summed E-state index contributed by atoms with van der Waals surface area (Å²) in [6, 6.07) is -0.290. The van der Waals surface area contributed by atoms with Gasteiger partial charge in [0.25, 0.3) is 0 Å². The second kappa shape index (κ2) is 10.6. The Labute approximate surface area is 185 Å². The van der Waals surface area contributed by atoms with Gasteiger partial charge in [0, 0.05) is 18.4 Å².